The van der Waals surface area contributed by atoms with Gasteiger partial charge in [-0.2, -0.15) is 0 Å². The van der Waals surface area contributed by atoms with Gasteiger partial charge in [0.05, 0.1) is 0 Å². The maximum absolute atomic E-state index is 5.84. The lowest BCUT2D eigenvalue weighted by Crippen LogP contribution is -2.18. The Bertz CT molecular complexity index is 236. The van der Waals surface area contributed by atoms with Gasteiger partial charge < -0.3 is 9.47 Å². The molecule has 0 atom stereocenters. The van der Waals surface area contributed by atoms with Crippen molar-refractivity contribution in [1.82, 2.24) is 0 Å². The Labute approximate surface area is 132 Å². The highest BCUT2D eigenvalue weighted by atomic mass is 16.7. The summed E-state index contributed by atoms with van der Waals surface area (Å²) in [5.74, 6) is 0. The number of hydrogen-bond acceptors (Lipinski definition) is 2. The predicted molar refractivity (Wildman–Crippen MR) is 92.5 cm³/mol. The quantitative estimate of drug-likeness (QED) is 0.209. The van der Waals surface area contributed by atoms with Crippen LogP contribution in [0.15, 0.2) is 24.3 Å². The van der Waals surface area contributed by atoms with Crippen molar-refractivity contribution in [3.05, 3.63) is 24.3 Å². The molecule has 0 aliphatic heterocycles. The second-order valence-corrected chi connectivity index (χ2v) is 5.43. The van der Waals surface area contributed by atoms with E-state index in [9.17, 15) is 0 Å². The number of ether oxygens (including phenoxy) is 2. The van der Waals surface area contributed by atoms with E-state index in [4.69, 9.17) is 9.47 Å². The second-order valence-electron chi connectivity index (χ2n) is 5.43. The van der Waals surface area contributed by atoms with Crippen molar-refractivity contribution in [2.24, 2.45) is 0 Å². The Kier molecular flexibility index (Phi) is 17.0. The van der Waals surface area contributed by atoms with E-state index in [2.05, 4.69) is 45.1 Å². The highest BCUT2D eigenvalue weighted by Gasteiger charge is 2.08. The number of rotatable bonds is 15. The minimum absolute atomic E-state index is 0.00654. The Morgan fingerprint density at radius 1 is 0.762 bits per heavy atom. The van der Waals surface area contributed by atoms with Crippen molar-refractivity contribution >= 4 is 0 Å². The second kappa shape index (κ2) is 17.5. The van der Waals surface area contributed by atoms with Crippen LogP contribution in [-0.4, -0.2) is 19.5 Å². The van der Waals surface area contributed by atoms with Gasteiger partial charge in [0.15, 0.2) is 6.29 Å². The standard InChI is InChI=1S/C19H36O2/c1-4-7-10-11-12-13-14-15-16-19(20-17-8-5-2)21-18-9-6-3/h7,10-12,19H,4-6,8-9,13-18H2,1-3H3. The molecular weight excluding hydrogens is 260 g/mol. The molecule has 0 radical (unpaired) electrons. The van der Waals surface area contributed by atoms with E-state index in [-0.39, 0.29) is 6.29 Å². The van der Waals surface area contributed by atoms with Gasteiger partial charge in [-0.25, -0.2) is 0 Å². The first-order chi connectivity index (χ1) is 10.3. The van der Waals surface area contributed by atoms with E-state index in [1.54, 1.807) is 0 Å². The van der Waals surface area contributed by atoms with Crippen LogP contribution in [-0.2, 0) is 9.47 Å². The van der Waals surface area contributed by atoms with Gasteiger partial charge in [-0.15, -0.1) is 0 Å². The molecule has 21 heavy (non-hydrogen) atoms. The molecule has 0 spiro atoms. The van der Waals surface area contributed by atoms with Gasteiger partial charge in [0.1, 0.15) is 0 Å². The molecule has 0 bridgehead atoms. The summed E-state index contributed by atoms with van der Waals surface area (Å²) in [7, 11) is 0. The molecule has 0 aliphatic carbocycles. The topological polar surface area (TPSA) is 18.5 Å². The zero-order chi connectivity index (χ0) is 15.6. The van der Waals surface area contributed by atoms with Crippen molar-refractivity contribution in [2.45, 2.75) is 84.8 Å². The molecule has 2 nitrogen and oxygen atoms in total. The third-order valence-electron chi connectivity index (χ3n) is 3.28. The van der Waals surface area contributed by atoms with E-state index >= 15 is 0 Å². The van der Waals surface area contributed by atoms with E-state index < -0.39 is 0 Å². The first kappa shape index (κ1) is 20.4. The van der Waals surface area contributed by atoms with Gasteiger partial charge in [0.2, 0.25) is 0 Å². The van der Waals surface area contributed by atoms with E-state index in [0.29, 0.717) is 0 Å². The van der Waals surface area contributed by atoms with Crippen molar-refractivity contribution in [3.8, 4) is 0 Å². The molecule has 0 saturated heterocycles. The van der Waals surface area contributed by atoms with Crippen molar-refractivity contribution in [3.63, 3.8) is 0 Å². The fourth-order valence-corrected chi connectivity index (χ4v) is 1.90. The van der Waals surface area contributed by atoms with Gasteiger partial charge in [-0.05, 0) is 44.9 Å². The molecule has 0 aromatic heterocycles. The van der Waals surface area contributed by atoms with Crippen molar-refractivity contribution < 1.29 is 9.47 Å². The minimum atomic E-state index is 0.00654. The SMILES string of the molecule is CCC=CC=CCCCCC(OCCCC)OCCCC. The largest absolute Gasteiger partial charge is 0.353 e. The molecule has 0 aromatic rings. The van der Waals surface area contributed by atoms with Crippen molar-refractivity contribution in [1.29, 1.82) is 0 Å². The maximum atomic E-state index is 5.84. The lowest BCUT2D eigenvalue weighted by atomic mass is 10.2. The monoisotopic (exact) mass is 296 g/mol. The van der Waals surface area contributed by atoms with Crippen LogP contribution in [0.2, 0.25) is 0 Å². The molecule has 0 fully saturated rings. The summed E-state index contributed by atoms with van der Waals surface area (Å²) in [6.07, 6.45) is 19.0. The lowest BCUT2D eigenvalue weighted by Gasteiger charge is -2.18. The molecule has 0 unspecified atom stereocenters. The van der Waals surface area contributed by atoms with Gasteiger partial charge in [0, 0.05) is 13.2 Å². The summed E-state index contributed by atoms with van der Waals surface area (Å²) in [6.45, 7) is 8.19. The molecule has 0 N–H and O–H groups in total. The van der Waals surface area contributed by atoms with Gasteiger partial charge in [-0.1, -0.05) is 57.9 Å². The Hall–Kier alpha value is -0.600. The van der Waals surface area contributed by atoms with Crippen LogP contribution in [0.3, 0.4) is 0 Å². The summed E-state index contributed by atoms with van der Waals surface area (Å²) in [6, 6.07) is 0. The minimum Gasteiger partial charge on any atom is -0.353 e. The molecule has 2 heteroatoms. The van der Waals surface area contributed by atoms with Gasteiger partial charge >= 0.3 is 0 Å². The van der Waals surface area contributed by atoms with Crippen LogP contribution in [0.5, 0.6) is 0 Å². The summed E-state index contributed by atoms with van der Waals surface area (Å²) in [5.41, 5.74) is 0. The predicted octanol–water partition coefficient (Wildman–Crippen LogP) is 6.03. The van der Waals surface area contributed by atoms with Crippen LogP contribution in [0.4, 0.5) is 0 Å². The van der Waals surface area contributed by atoms with Gasteiger partial charge in [-0.3, -0.25) is 0 Å². The summed E-state index contributed by atoms with van der Waals surface area (Å²) in [5, 5.41) is 0. The average molecular weight is 296 g/mol. The highest BCUT2D eigenvalue weighted by Crippen LogP contribution is 2.10. The first-order valence-electron chi connectivity index (χ1n) is 8.89. The fraction of sp³-hybridized carbons (Fsp3) is 0.789. The molecule has 0 heterocycles. The maximum Gasteiger partial charge on any atom is 0.157 e. The normalized spacial score (nSPS) is 12.2. The number of allylic oxidation sites excluding steroid dienone is 4. The first-order valence-corrected chi connectivity index (χ1v) is 8.89. The smallest absolute Gasteiger partial charge is 0.157 e. The average Bonchev–Trinajstić information content (AvgIpc) is 2.49. The van der Waals surface area contributed by atoms with Crippen molar-refractivity contribution in [2.75, 3.05) is 13.2 Å². The molecule has 0 amide bonds. The summed E-state index contributed by atoms with van der Waals surface area (Å²) in [4.78, 5) is 0. The molecule has 0 aromatic carbocycles. The molecule has 0 aliphatic rings. The zero-order valence-electron chi connectivity index (χ0n) is 14.5. The Morgan fingerprint density at radius 3 is 1.95 bits per heavy atom. The third kappa shape index (κ3) is 15.6. The van der Waals surface area contributed by atoms with E-state index in [1.807, 2.05) is 0 Å². The number of unbranched alkanes of at least 4 members (excludes halogenated alkanes) is 4. The molecular formula is C19H36O2. The van der Waals surface area contributed by atoms with E-state index in [1.165, 1.54) is 25.7 Å². The van der Waals surface area contributed by atoms with Crippen LogP contribution in [0, 0.1) is 0 Å². The zero-order valence-corrected chi connectivity index (χ0v) is 14.5. The molecule has 0 saturated carbocycles. The van der Waals surface area contributed by atoms with E-state index in [0.717, 1.165) is 45.3 Å². The highest BCUT2D eigenvalue weighted by molar-refractivity contribution is 5.01. The fourth-order valence-electron chi connectivity index (χ4n) is 1.90. The summed E-state index contributed by atoms with van der Waals surface area (Å²) < 4.78 is 11.7. The third-order valence-corrected chi connectivity index (χ3v) is 3.28. The molecule has 124 valence electrons. The van der Waals surface area contributed by atoms with Crippen LogP contribution < -0.4 is 0 Å². The summed E-state index contributed by atoms with van der Waals surface area (Å²) >= 11 is 0. The Morgan fingerprint density at radius 2 is 1.38 bits per heavy atom. The molecule has 0 rings (SSSR count). The number of hydrogen-bond donors (Lipinski definition) is 0. The van der Waals surface area contributed by atoms with Crippen LogP contribution >= 0.6 is 0 Å². The Balaban J connectivity index is 3.72. The van der Waals surface area contributed by atoms with Crippen LogP contribution in [0.25, 0.3) is 0 Å². The van der Waals surface area contributed by atoms with Gasteiger partial charge in [0.25, 0.3) is 0 Å². The lowest BCUT2D eigenvalue weighted by molar-refractivity contribution is -0.147. The van der Waals surface area contributed by atoms with Crippen LogP contribution in [0.1, 0.15) is 78.6 Å².